The highest BCUT2D eigenvalue weighted by atomic mass is 16.5. The molecule has 0 unspecified atom stereocenters. The lowest BCUT2D eigenvalue weighted by molar-refractivity contribution is -0.141. The fourth-order valence-electron chi connectivity index (χ4n) is 1.90. The van der Waals surface area contributed by atoms with Crippen molar-refractivity contribution in [1.82, 2.24) is 20.3 Å². The van der Waals surface area contributed by atoms with E-state index in [2.05, 4.69) is 20.4 Å². The van der Waals surface area contributed by atoms with Gasteiger partial charge in [0.1, 0.15) is 6.54 Å². The summed E-state index contributed by atoms with van der Waals surface area (Å²) in [6.07, 6.45) is 8.26. The number of hydrogen-bond acceptors (Lipinski definition) is 6. The summed E-state index contributed by atoms with van der Waals surface area (Å²) in [5.74, 6) is -1.94. The Morgan fingerprint density at radius 1 is 1.38 bits per heavy atom. The molecule has 0 bridgehead atoms. The Morgan fingerprint density at radius 2 is 2.17 bits per heavy atom. The molecule has 1 aromatic heterocycles. The lowest BCUT2D eigenvalue weighted by Crippen LogP contribution is -2.26. The number of amides is 1. The number of ether oxygens (including phenoxy) is 1. The third kappa shape index (κ3) is 4.63. The van der Waals surface area contributed by atoms with Crippen molar-refractivity contribution < 1.29 is 24.2 Å². The van der Waals surface area contributed by atoms with Gasteiger partial charge < -0.3 is 15.2 Å². The van der Waals surface area contributed by atoms with Crippen LogP contribution in [-0.4, -0.2) is 51.6 Å². The summed E-state index contributed by atoms with van der Waals surface area (Å²) in [6.45, 7) is 0.117. The molecule has 0 atom stereocenters. The predicted molar refractivity (Wildman–Crippen MR) is 81.9 cm³/mol. The standard InChI is InChI=1S/C15H16N4O5/c1-24-13(20)9-19-8-12(17-18-19)14(21)16-7-10-3-2-4-11(6-5-10)15(22)23/h2,4-6,8H,3,7,9H2,1H3,(H,16,21)(H,22,23). The molecule has 1 aliphatic carbocycles. The summed E-state index contributed by atoms with van der Waals surface area (Å²) < 4.78 is 5.70. The third-order valence-electron chi connectivity index (χ3n) is 3.19. The molecule has 0 aromatic carbocycles. The molecular weight excluding hydrogens is 316 g/mol. The van der Waals surface area contributed by atoms with E-state index in [9.17, 15) is 14.4 Å². The average molecular weight is 332 g/mol. The molecule has 24 heavy (non-hydrogen) atoms. The molecule has 126 valence electrons. The van der Waals surface area contributed by atoms with Gasteiger partial charge in [-0.2, -0.15) is 0 Å². The second-order valence-corrected chi connectivity index (χ2v) is 4.92. The van der Waals surface area contributed by atoms with Crippen LogP contribution in [0.4, 0.5) is 0 Å². The minimum Gasteiger partial charge on any atom is -0.478 e. The SMILES string of the molecule is COC(=O)Cn1cc(C(=O)NCC2=CC=C(C(=O)O)C=CC2)nn1. The molecule has 0 saturated carbocycles. The van der Waals surface area contributed by atoms with Gasteiger partial charge in [0.15, 0.2) is 5.69 Å². The number of aliphatic carboxylic acids is 1. The molecule has 0 spiro atoms. The van der Waals surface area contributed by atoms with E-state index < -0.39 is 17.8 Å². The van der Waals surface area contributed by atoms with Gasteiger partial charge in [-0.1, -0.05) is 23.4 Å². The number of allylic oxidation sites excluding steroid dienone is 3. The van der Waals surface area contributed by atoms with Crippen molar-refractivity contribution in [2.45, 2.75) is 13.0 Å². The Morgan fingerprint density at radius 3 is 2.88 bits per heavy atom. The number of nitrogens with zero attached hydrogens (tertiary/aromatic N) is 3. The van der Waals surface area contributed by atoms with E-state index in [-0.39, 0.29) is 24.4 Å². The van der Waals surface area contributed by atoms with Crippen molar-refractivity contribution in [2.75, 3.05) is 13.7 Å². The summed E-state index contributed by atoms with van der Waals surface area (Å²) in [5.41, 5.74) is 1.10. The minimum absolute atomic E-state index is 0.0745. The zero-order valence-corrected chi connectivity index (χ0v) is 12.9. The highest BCUT2D eigenvalue weighted by Gasteiger charge is 2.13. The lowest BCUT2D eigenvalue weighted by atomic mass is 10.2. The highest BCUT2D eigenvalue weighted by Crippen LogP contribution is 2.11. The minimum atomic E-state index is -1.00. The van der Waals surface area contributed by atoms with Gasteiger partial charge in [0, 0.05) is 6.54 Å². The maximum absolute atomic E-state index is 12.0. The van der Waals surface area contributed by atoms with Crippen molar-refractivity contribution >= 4 is 17.8 Å². The largest absolute Gasteiger partial charge is 0.478 e. The van der Waals surface area contributed by atoms with Crippen LogP contribution >= 0.6 is 0 Å². The number of carbonyl (C=O) groups excluding carboxylic acids is 2. The van der Waals surface area contributed by atoms with E-state index in [1.165, 1.54) is 30.1 Å². The van der Waals surface area contributed by atoms with E-state index >= 15 is 0 Å². The first-order valence-electron chi connectivity index (χ1n) is 7.04. The first kappa shape index (κ1) is 17.1. The van der Waals surface area contributed by atoms with E-state index in [4.69, 9.17) is 5.11 Å². The summed E-state index contributed by atoms with van der Waals surface area (Å²) >= 11 is 0. The zero-order valence-electron chi connectivity index (χ0n) is 12.9. The summed E-state index contributed by atoms with van der Waals surface area (Å²) in [6, 6.07) is 0. The van der Waals surface area contributed by atoms with Crippen LogP contribution in [0.2, 0.25) is 0 Å². The molecule has 1 amide bonds. The van der Waals surface area contributed by atoms with Crippen molar-refractivity contribution in [3.8, 4) is 0 Å². The Balaban J connectivity index is 1.93. The number of carboxylic acids is 1. The molecule has 9 nitrogen and oxygen atoms in total. The molecule has 0 saturated heterocycles. The molecule has 2 N–H and O–H groups in total. The fourth-order valence-corrected chi connectivity index (χ4v) is 1.90. The lowest BCUT2D eigenvalue weighted by Gasteiger charge is -2.04. The van der Waals surface area contributed by atoms with Crippen LogP contribution in [0.1, 0.15) is 16.9 Å². The summed E-state index contributed by atoms with van der Waals surface area (Å²) in [4.78, 5) is 34.0. The van der Waals surface area contributed by atoms with Crippen molar-refractivity contribution in [2.24, 2.45) is 0 Å². The number of aromatic nitrogens is 3. The highest BCUT2D eigenvalue weighted by molar-refractivity contribution is 5.92. The van der Waals surface area contributed by atoms with E-state index in [0.29, 0.717) is 6.42 Å². The molecule has 2 rings (SSSR count). The predicted octanol–water partition coefficient (Wildman–Crippen LogP) is 0.0782. The van der Waals surface area contributed by atoms with Gasteiger partial charge in [-0.05, 0) is 18.1 Å². The summed E-state index contributed by atoms with van der Waals surface area (Å²) in [7, 11) is 1.26. The van der Waals surface area contributed by atoms with Gasteiger partial charge in [0.25, 0.3) is 5.91 Å². The molecule has 0 aliphatic heterocycles. The van der Waals surface area contributed by atoms with Crippen molar-refractivity contribution in [1.29, 1.82) is 0 Å². The first-order valence-corrected chi connectivity index (χ1v) is 7.04. The van der Waals surface area contributed by atoms with Gasteiger partial charge in [-0.25, -0.2) is 9.48 Å². The van der Waals surface area contributed by atoms with Crippen LogP contribution in [0.25, 0.3) is 0 Å². The summed E-state index contributed by atoms with van der Waals surface area (Å²) in [5, 5.41) is 19.0. The number of methoxy groups -OCH3 is 1. The molecule has 1 aliphatic rings. The second kappa shape index (κ2) is 7.86. The topological polar surface area (TPSA) is 123 Å². The average Bonchev–Trinajstić information content (AvgIpc) is 2.88. The van der Waals surface area contributed by atoms with Gasteiger partial charge in [-0.15, -0.1) is 5.10 Å². The smallest absolute Gasteiger partial charge is 0.335 e. The maximum atomic E-state index is 12.0. The first-order chi connectivity index (χ1) is 11.5. The van der Waals surface area contributed by atoms with Crippen molar-refractivity contribution in [3.63, 3.8) is 0 Å². The van der Waals surface area contributed by atoms with Crippen LogP contribution in [0, 0.1) is 0 Å². The molecule has 0 radical (unpaired) electrons. The van der Waals surface area contributed by atoms with Gasteiger partial charge in [0.2, 0.25) is 0 Å². The van der Waals surface area contributed by atoms with Gasteiger partial charge in [-0.3, -0.25) is 9.59 Å². The molecule has 9 heteroatoms. The Hall–Kier alpha value is -3.23. The van der Waals surface area contributed by atoms with Gasteiger partial charge >= 0.3 is 11.9 Å². The Labute approximate surface area is 137 Å². The van der Waals surface area contributed by atoms with E-state index in [1.807, 2.05) is 0 Å². The van der Waals surface area contributed by atoms with Crippen LogP contribution in [0.3, 0.4) is 0 Å². The molecular formula is C15H16N4O5. The Kier molecular flexibility index (Phi) is 5.61. The van der Waals surface area contributed by atoms with Crippen LogP contribution in [0.15, 0.2) is 41.6 Å². The number of esters is 1. The number of hydrogen-bond donors (Lipinski definition) is 2. The third-order valence-corrected chi connectivity index (χ3v) is 3.19. The molecule has 0 fully saturated rings. The molecule has 1 aromatic rings. The number of carboxylic acid groups (broad SMARTS) is 1. The quantitative estimate of drug-likeness (QED) is 0.707. The van der Waals surface area contributed by atoms with Crippen LogP contribution in [0.5, 0.6) is 0 Å². The van der Waals surface area contributed by atoms with Crippen LogP contribution < -0.4 is 5.32 Å². The molecule has 1 heterocycles. The number of rotatable bonds is 6. The fraction of sp³-hybridized carbons (Fsp3) is 0.267. The van der Waals surface area contributed by atoms with E-state index in [1.54, 1.807) is 12.2 Å². The monoisotopic (exact) mass is 332 g/mol. The normalized spacial score (nSPS) is 13.5. The zero-order chi connectivity index (χ0) is 17.5. The number of nitrogens with one attached hydrogen (secondary N) is 1. The van der Waals surface area contributed by atoms with Gasteiger partial charge in [0.05, 0.1) is 18.9 Å². The van der Waals surface area contributed by atoms with Crippen molar-refractivity contribution in [3.05, 3.63) is 47.3 Å². The van der Waals surface area contributed by atoms with Crippen LogP contribution in [-0.2, 0) is 20.9 Å². The number of carbonyl (C=O) groups is 3. The Bertz CT molecular complexity index is 745. The maximum Gasteiger partial charge on any atom is 0.335 e. The van der Waals surface area contributed by atoms with E-state index in [0.717, 1.165) is 5.57 Å². The second-order valence-electron chi connectivity index (χ2n) is 4.92.